The van der Waals surface area contributed by atoms with Crippen LogP contribution in [0.4, 0.5) is 4.39 Å². The first-order chi connectivity index (χ1) is 9.56. The van der Waals surface area contributed by atoms with E-state index in [4.69, 9.17) is 16.3 Å². The van der Waals surface area contributed by atoms with E-state index < -0.39 is 11.9 Å². The molecule has 2 aromatic rings. The van der Waals surface area contributed by atoms with Crippen LogP contribution in [0.5, 0.6) is 5.75 Å². The number of aromatic nitrogens is 3. The van der Waals surface area contributed by atoms with Gasteiger partial charge in [0.1, 0.15) is 23.7 Å². The van der Waals surface area contributed by atoms with Gasteiger partial charge >= 0.3 is 0 Å². The van der Waals surface area contributed by atoms with E-state index >= 15 is 0 Å². The fourth-order valence-corrected chi connectivity index (χ4v) is 1.66. The van der Waals surface area contributed by atoms with E-state index in [0.717, 1.165) is 6.07 Å². The molecule has 2 rings (SSSR count). The fraction of sp³-hybridized carbons (Fsp3) is 0.250. The van der Waals surface area contributed by atoms with Crippen LogP contribution in [-0.4, -0.2) is 27.2 Å². The minimum Gasteiger partial charge on any atom is -0.479 e. The van der Waals surface area contributed by atoms with Crippen LogP contribution in [0.3, 0.4) is 0 Å². The summed E-state index contributed by atoms with van der Waals surface area (Å²) in [6, 6.07) is 3.70. The van der Waals surface area contributed by atoms with Gasteiger partial charge in [-0.1, -0.05) is 11.6 Å². The van der Waals surface area contributed by atoms with Gasteiger partial charge < -0.3 is 10.1 Å². The molecule has 0 bridgehead atoms. The lowest BCUT2D eigenvalue weighted by atomic mass is 10.3. The summed E-state index contributed by atoms with van der Waals surface area (Å²) in [5, 5.41) is 9.01. The summed E-state index contributed by atoms with van der Waals surface area (Å²) in [7, 11) is 0. The van der Waals surface area contributed by atoms with Crippen LogP contribution < -0.4 is 10.1 Å². The first-order valence-corrected chi connectivity index (χ1v) is 6.17. The number of nitrogens with zero attached hydrogens (tertiary/aromatic N) is 2. The zero-order valence-electron chi connectivity index (χ0n) is 10.6. The summed E-state index contributed by atoms with van der Waals surface area (Å²) in [6.07, 6.45) is 0.570. The Morgan fingerprint density at radius 1 is 1.60 bits per heavy atom. The average Bonchev–Trinajstić information content (AvgIpc) is 2.92. The molecule has 1 atom stereocenters. The lowest BCUT2D eigenvalue weighted by Crippen LogP contribution is -2.36. The molecule has 2 N–H and O–H groups in total. The standard InChI is InChI=1S/C12H12ClFN4O2/c1-7(12(19)15-5-11-16-6-17-18-11)20-10-3-2-8(14)4-9(10)13/h2-4,6-7H,5H2,1H3,(H,15,19)(H,16,17,18)/t7-/m1/s1. The molecule has 1 aromatic carbocycles. The molecule has 0 aliphatic heterocycles. The predicted octanol–water partition coefficient (Wildman–Crippen LogP) is 1.68. The largest absolute Gasteiger partial charge is 0.479 e. The van der Waals surface area contributed by atoms with Gasteiger partial charge in [-0.3, -0.25) is 9.89 Å². The Hall–Kier alpha value is -2.15. The van der Waals surface area contributed by atoms with E-state index in [1.165, 1.54) is 18.5 Å². The van der Waals surface area contributed by atoms with Gasteiger partial charge in [0.2, 0.25) is 0 Å². The molecule has 8 heteroatoms. The van der Waals surface area contributed by atoms with Crippen molar-refractivity contribution in [1.82, 2.24) is 20.5 Å². The number of carbonyl (C=O) groups is 1. The molecular formula is C12H12ClFN4O2. The zero-order chi connectivity index (χ0) is 14.5. The average molecular weight is 299 g/mol. The summed E-state index contributed by atoms with van der Waals surface area (Å²) in [5.41, 5.74) is 0. The molecule has 0 aliphatic carbocycles. The van der Waals surface area contributed by atoms with Gasteiger partial charge in [-0.05, 0) is 25.1 Å². The van der Waals surface area contributed by atoms with Crippen molar-refractivity contribution in [2.45, 2.75) is 19.6 Å². The van der Waals surface area contributed by atoms with Crippen molar-refractivity contribution in [3.63, 3.8) is 0 Å². The van der Waals surface area contributed by atoms with Crippen LogP contribution in [0.2, 0.25) is 5.02 Å². The van der Waals surface area contributed by atoms with Crippen molar-refractivity contribution in [2.24, 2.45) is 0 Å². The van der Waals surface area contributed by atoms with Crippen LogP contribution in [0.25, 0.3) is 0 Å². The van der Waals surface area contributed by atoms with Gasteiger partial charge in [0, 0.05) is 0 Å². The van der Waals surface area contributed by atoms with Crippen LogP contribution in [0.15, 0.2) is 24.5 Å². The number of halogens is 2. The van der Waals surface area contributed by atoms with Crippen molar-refractivity contribution < 1.29 is 13.9 Å². The molecule has 0 unspecified atom stereocenters. The Kier molecular flexibility index (Phi) is 4.52. The number of rotatable bonds is 5. The predicted molar refractivity (Wildman–Crippen MR) is 69.7 cm³/mol. The number of carbonyl (C=O) groups excluding carboxylic acids is 1. The summed E-state index contributed by atoms with van der Waals surface area (Å²) < 4.78 is 18.3. The van der Waals surface area contributed by atoms with Crippen molar-refractivity contribution in [3.05, 3.63) is 41.2 Å². The Bertz CT molecular complexity index is 591. The first-order valence-electron chi connectivity index (χ1n) is 5.80. The highest BCUT2D eigenvalue weighted by Crippen LogP contribution is 2.25. The lowest BCUT2D eigenvalue weighted by Gasteiger charge is -2.15. The Balaban J connectivity index is 1.90. The number of H-pyrrole nitrogens is 1. The second-order valence-electron chi connectivity index (χ2n) is 3.98. The number of amides is 1. The van der Waals surface area contributed by atoms with Crippen LogP contribution in [0, 0.1) is 5.82 Å². The fourth-order valence-electron chi connectivity index (χ4n) is 1.45. The normalized spacial score (nSPS) is 11.9. The van der Waals surface area contributed by atoms with Crippen LogP contribution >= 0.6 is 11.6 Å². The van der Waals surface area contributed by atoms with E-state index in [9.17, 15) is 9.18 Å². The third kappa shape index (κ3) is 3.67. The molecule has 6 nitrogen and oxygen atoms in total. The molecular weight excluding hydrogens is 287 g/mol. The third-order valence-electron chi connectivity index (χ3n) is 2.46. The molecule has 106 valence electrons. The number of hydrogen-bond donors (Lipinski definition) is 2. The maximum atomic E-state index is 12.9. The summed E-state index contributed by atoms with van der Waals surface area (Å²) in [5.74, 6) is -0.0349. The minimum atomic E-state index is -0.777. The van der Waals surface area contributed by atoms with E-state index in [-0.39, 0.29) is 23.2 Å². The van der Waals surface area contributed by atoms with E-state index in [1.54, 1.807) is 6.92 Å². The van der Waals surface area contributed by atoms with Gasteiger partial charge in [0.15, 0.2) is 6.10 Å². The Labute approximate surface area is 119 Å². The summed E-state index contributed by atoms with van der Waals surface area (Å²) in [6.45, 7) is 1.78. The molecule has 0 aliphatic rings. The summed E-state index contributed by atoms with van der Waals surface area (Å²) in [4.78, 5) is 15.7. The van der Waals surface area contributed by atoms with E-state index in [0.29, 0.717) is 5.82 Å². The van der Waals surface area contributed by atoms with Crippen LogP contribution in [0.1, 0.15) is 12.7 Å². The molecule has 1 aromatic heterocycles. The molecule has 0 spiro atoms. The van der Waals surface area contributed by atoms with Crippen molar-refractivity contribution >= 4 is 17.5 Å². The van der Waals surface area contributed by atoms with E-state index in [1.807, 2.05) is 0 Å². The van der Waals surface area contributed by atoms with Crippen LogP contribution in [-0.2, 0) is 11.3 Å². The van der Waals surface area contributed by atoms with Gasteiger partial charge in [0.25, 0.3) is 5.91 Å². The minimum absolute atomic E-state index is 0.111. The number of hydrogen-bond acceptors (Lipinski definition) is 4. The number of benzene rings is 1. The highest BCUT2D eigenvalue weighted by molar-refractivity contribution is 6.32. The molecule has 0 saturated carbocycles. The highest BCUT2D eigenvalue weighted by Gasteiger charge is 2.16. The van der Waals surface area contributed by atoms with Gasteiger partial charge in [0.05, 0.1) is 11.6 Å². The second-order valence-corrected chi connectivity index (χ2v) is 4.39. The molecule has 0 fully saturated rings. The maximum Gasteiger partial charge on any atom is 0.261 e. The SMILES string of the molecule is C[C@@H](Oc1ccc(F)cc1Cl)C(=O)NCc1ncn[nH]1. The first kappa shape index (κ1) is 14.3. The van der Waals surface area contributed by atoms with Crippen molar-refractivity contribution in [3.8, 4) is 5.75 Å². The zero-order valence-corrected chi connectivity index (χ0v) is 11.3. The van der Waals surface area contributed by atoms with Crippen molar-refractivity contribution in [2.75, 3.05) is 0 Å². The monoisotopic (exact) mass is 298 g/mol. The molecule has 1 heterocycles. The number of nitrogens with one attached hydrogen (secondary N) is 2. The molecule has 0 saturated heterocycles. The van der Waals surface area contributed by atoms with Gasteiger partial charge in [-0.2, -0.15) is 5.10 Å². The molecule has 20 heavy (non-hydrogen) atoms. The smallest absolute Gasteiger partial charge is 0.261 e. The quantitative estimate of drug-likeness (QED) is 0.880. The topological polar surface area (TPSA) is 79.9 Å². The highest BCUT2D eigenvalue weighted by atomic mass is 35.5. The Morgan fingerprint density at radius 2 is 2.40 bits per heavy atom. The van der Waals surface area contributed by atoms with Crippen molar-refractivity contribution in [1.29, 1.82) is 0 Å². The van der Waals surface area contributed by atoms with E-state index in [2.05, 4.69) is 20.5 Å². The summed E-state index contributed by atoms with van der Waals surface area (Å²) >= 11 is 5.82. The van der Waals surface area contributed by atoms with Gasteiger partial charge in [-0.25, -0.2) is 9.37 Å². The van der Waals surface area contributed by atoms with Gasteiger partial charge in [-0.15, -0.1) is 0 Å². The number of ether oxygens (including phenoxy) is 1. The molecule has 1 amide bonds. The Morgan fingerprint density at radius 3 is 3.05 bits per heavy atom. The third-order valence-corrected chi connectivity index (χ3v) is 2.76. The second kappa shape index (κ2) is 6.33. The molecule has 0 radical (unpaired) electrons. The number of aromatic amines is 1. The lowest BCUT2D eigenvalue weighted by molar-refractivity contribution is -0.127. The maximum absolute atomic E-state index is 12.9.